The van der Waals surface area contributed by atoms with Gasteiger partial charge in [-0.15, -0.1) is 0 Å². The molecule has 29 heavy (non-hydrogen) atoms. The van der Waals surface area contributed by atoms with Crippen LogP contribution in [0.3, 0.4) is 0 Å². The maximum atomic E-state index is 5.26. The highest BCUT2D eigenvalue weighted by molar-refractivity contribution is 4.68. The summed E-state index contributed by atoms with van der Waals surface area (Å²) in [6.45, 7) is 2.30. The van der Waals surface area contributed by atoms with E-state index in [1.165, 1.54) is 148 Å². The monoisotopic (exact) mass is 409 g/mol. The maximum Gasteiger partial charge on any atom is 0.0810 e. The summed E-state index contributed by atoms with van der Waals surface area (Å²) in [5.74, 6) is 0. The Morgan fingerprint density at radius 1 is 0.483 bits per heavy atom. The van der Waals surface area contributed by atoms with Crippen LogP contribution in [0, 0.1) is 0 Å². The van der Waals surface area contributed by atoms with Crippen LogP contribution in [0.15, 0.2) is 0 Å². The van der Waals surface area contributed by atoms with E-state index in [4.69, 9.17) is 4.74 Å². The molecule has 0 aliphatic carbocycles. The zero-order valence-electron chi connectivity index (χ0n) is 20.4. The SMILES string of the molecule is CN(C)CCCCCCCCCCCCCCCCCCCCCCCC1CO1. The molecule has 1 fully saturated rings. The molecule has 0 bridgehead atoms. The fraction of sp³-hybridized carbons (Fsp3) is 1.00. The second kappa shape index (κ2) is 21.2. The maximum absolute atomic E-state index is 5.26. The largest absolute Gasteiger partial charge is 0.373 e. The highest BCUT2D eigenvalue weighted by Gasteiger charge is 2.20. The summed E-state index contributed by atoms with van der Waals surface area (Å²) in [4.78, 5) is 2.30. The second-order valence-electron chi connectivity index (χ2n) is 9.97. The lowest BCUT2D eigenvalue weighted by atomic mass is 10.0. The summed E-state index contributed by atoms with van der Waals surface area (Å²) in [5, 5.41) is 0. The Balaban J connectivity index is 1.59. The molecule has 0 amide bonds. The zero-order chi connectivity index (χ0) is 20.8. The third-order valence-corrected chi connectivity index (χ3v) is 6.53. The summed E-state index contributed by atoms with van der Waals surface area (Å²) in [6, 6.07) is 0. The summed E-state index contributed by atoms with van der Waals surface area (Å²) >= 11 is 0. The van der Waals surface area contributed by atoms with Crippen molar-refractivity contribution < 1.29 is 4.74 Å². The van der Waals surface area contributed by atoms with Gasteiger partial charge in [-0.3, -0.25) is 0 Å². The first-order valence-corrected chi connectivity index (χ1v) is 13.6. The van der Waals surface area contributed by atoms with Crippen LogP contribution in [-0.2, 0) is 4.74 Å². The highest BCUT2D eigenvalue weighted by Crippen LogP contribution is 2.19. The van der Waals surface area contributed by atoms with Crippen molar-refractivity contribution in [2.45, 2.75) is 147 Å². The van der Waals surface area contributed by atoms with E-state index in [0.29, 0.717) is 6.10 Å². The lowest BCUT2D eigenvalue weighted by Crippen LogP contribution is -2.12. The smallest absolute Gasteiger partial charge is 0.0810 e. The molecular weight excluding hydrogens is 354 g/mol. The van der Waals surface area contributed by atoms with Crippen LogP contribution < -0.4 is 0 Å². The van der Waals surface area contributed by atoms with E-state index in [1.54, 1.807) is 0 Å². The standard InChI is InChI=1S/C27H55NO/c1-28(2)25-23-21-19-17-15-13-11-9-7-5-3-4-6-8-10-12-14-16-18-20-22-24-27-26-29-27/h27H,3-26H2,1-2H3. The predicted octanol–water partition coefficient (Wildman–Crippen LogP) is 8.53. The van der Waals surface area contributed by atoms with Crippen LogP contribution >= 0.6 is 0 Å². The Bertz CT molecular complexity index is 292. The van der Waals surface area contributed by atoms with Crippen LogP contribution in [0.5, 0.6) is 0 Å². The number of ether oxygens (including phenoxy) is 1. The topological polar surface area (TPSA) is 15.8 Å². The molecule has 0 saturated carbocycles. The molecule has 1 atom stereocenters. The molecule has 0 N–H and O–H groups in total. The van der Waals surface area contributed by atoms with Crippen molar-refractivity contribution in [2.75, 3.05) is 27.2 Å². The fourth-order valence-corrected chi connectivity index (χ4v) is 4.39. The Morgan fingerprint density at radius 3 is 1.03 bits per heavy atom. The van der Waals surface area contributed by atoms with Crippen LogP contribution in [0.1, 0.15) is 141 Å². The molecule has 1 rings (SSSR count). The molecule has 174 valence electrons. The van der Waals surface area contributed by atoms with E-state index in [1.807, 2.05) is 0 Å². The van der Waals surface area contributed by atoms with Crippen LogP contribution in [0.25, 0.3) is 0 Å². The molecular formula is C27H55NO. The van der Waals surface area contributed by atoms with Crippen LogP contribution in [-0.4, -0.2) is 38.3 Å². The number of unbranched alkanes of at least 4 members (excludes halogenated alkanes) is 20. The van der Waals surface area contributed by atoms with Crippen molar-refractivity contribution in [1.82, 2.24) is 4.90 Å². The van der Waals surface area contributed by atoms with Gasteiger partial charge in [0, 0.05) is 0 Å². The minimum Gasteiger partial charge on any atom is -0.373 e. The molecule has 0 radical (unpaired) electrons. The molecule has 1 heterocycles. The first kappa shape index (κ1) is 27.0. The van der Waals surface area contributed by atoms with Gasteiger partial charge in [-0.1, -0.05) is 128 Å². The Kier molecular flexibility index (Phi) is 19.7. The molecule has 1 aliphatic rings. The van der Waals surface area contributed by atoms with E-state index in [2.05, 4.69) is 19.0 Å². The van der Waals surface area contributed by atoms with Gasteiger partial charge in [-0.25, -0.2) is 0 Å². The molecule has 0 spiro atoms. The van der Waals surface area contributed by atoms with E-state index in [0.717, 1.165) is 6.61 Å². The van der Waals surface area contributed by atoms with E-state index in [-0.39, 0.29) is 0 Å². The van der Waals surface area contributed by atoms with Crippen molar-refractivity contribution >= 4 is 0 Å². The number of nitrogens with zero attached hydrogens (tertiary/aromatic N) is 1. The molecule has 0 aromatic rings. The molecule has 0 aromatic heterocycles. The van der Waals surface area contributed by atoms with Gasteiger partial charge in [0.25, 0.3) is 0 Å². The van der Waals surface area contributed by atoms with E-state index >= 15 is 0 Å². The van der Waals surface area contributed by atoms with Crippen molar-refractivity contribution in [3.8, 4) is 0 Å². The first-order valence-electron chi connectivity index (χ1n) is 13.6. The number of rotatable bonds is 24. The van der Waals surface area contributed by atoms with Gasteiger partial charge in [0.1, 0.15) is 0 Å². The van der Waals surface area contributed by atoms with E-state index in [9.17, 15) is 0 Å². The number of epoxide rings is 1. The average molecular weight is 410 g/mol. The number of hydrogen-bond donors (Lipinski definition) is 0. The Hall–Kier alpha value is -0.0800. The number of hydrogen-bond acceptors (Lipinski definition) is 2. The Labute approximate surface area is 184 Å². The van der Waals surface area contributed by atoms with Crippen molar-refractivity contribution in [3.05, 3.63) is 0 Å². The summed E-state index contributed by atoms with van der Waals surface area (Å²) < 4.78 is 5.26. The first-order chi connectivity index (χ1) is 14.3. The molecule has 1 unspecified atom stereocenters. The summed E-state index contributed by atoms with van der Waals surface area (Å²) in [7, 11) is 4.35. The third-order valence-electron chi connectivity index (χ3n) is 6.53. The van der Waals surface area contributed by atoms with Crippen molar-refractivity contribution in [3.63, 3.8) is 0 Å². The summed E-state index contributed by atoms with van der Waals surface area (Å²) in [6.07, 6.45) is 32.6. The van der Waals surface area contributed by atoms with Gasteiger partial charge in [-0.2, -0.15) is 0 Å². The normalized spacial score (nSPS) is 16.0. The molecule has 1 aliphatic heterocycles. The molecule has 1 saturated heterocycles. The molecule has 2 nitrogen and oxygen atoms in total. The minimum absolute atomic E-state index is 0.646. The van der Waals surface area contributed by atoms with Crippen LogP contribution in [0.4, 0.5) is 0 Å². The highest BCUT2D eigenvalue weighted by atomic mass is 16.6. The zero-order valence-corrected chi connectivity index (χ0v) is 20.4. The van der Waals surface area contributed by atoms with E-state index < -0.39 is 0 Å². The fourth-order valence-electron chi connectivity index (χ4n) is 4.39. The minimum atomic E-state index is 0.646. The van der Waals surface area contributed by atoms with Gasteiger partial charge in [0.05, 0.1) is 12.7 Å². The Morgan fingerprint density at radius 2 is 0.759 bits per heavy atom. The average Bonchev–Trinajstić information content (AvgIpc) is 3.52. The quantitative estimate of drug-likeness (QED) is 0.117. The predicted molar refractivity (Wildman–Crippen MR) is 130 cm³/mol. The van der Waals surface area contributed by atoms with Crippen molar-refractivity contribution in [1.29, 1.82) is 0 Å². The molecule has 2 heteroatoms. The van der Waals surface area contributed by atoms with Gasteiger partial charge in [-0.05, 0) is 33.5 Å². The van der Waals surface area contributed by atoms with Crippen LogP contribution in [0.2, 0.25) is 0 Å². The van der Waals surface area contributed by atoms with Gasteiger partial charge in [0.15, 0.2) is 0 Å². The lowest BCUT2D eigenvalue weighted by Gasteiger charge is -2.08. The summed E-state index contributed by atoms with van der Waals surface area (Å²) in [5.41, 5.74) is 0. The molecule has 0 aromatic carbocycles. The lowest BCUT2D eigenvalue weighted by molar-refractivity contribution is 0.387. The van der Waals surface area contributed by atoms with Gasteiger partial charge in [0.2, 0.25) is 0 Å². The second-order valence-corrected chi connectivity index (χ2v) is 9.97. The van der Waals surface area contributed by atoms with Gasteiger partial charge >= 0.3 is 0 Å². The van der Waals surface area contributed by atoms with Gasteiger partial charge < -0.3 is 9.64 Å². The van der Waals surface area contributed by atoms with Crippen molar-refractivity contribution in [2.24, 2.45) is 0 Å². The third kappa shape index (κ3) is 22.4.